The average molecular weight is 344 g/mol. The average Bonchev–Trinajstić information content (AvgIpc) is 2.44. The van der Waals surface area contributed by atoms with Crippen molar-refractivity contribution < 1.29 is 18.3 Å². The molecule has 0 heterocycles. The molecule has 2 rings (SSSR count). The molecule has 106 valence electrons. The maximum atomic E-state index is 13.7. The van der Waals surface area contributed by atoms with E-state index in [-0.39, 0.29) is 12.3 Å². The molecule has 3 nitrogen and oxygen atoms in total. The Kier molecular flexibility index (Phi) is 4.57. The summed E-state index contributed by atoms with van der Waals surface area (Å²) < 4.78 is 37.9. The van der Waals surface area contributed by atoms with Crippen molar-refractivity contribution in [3.8, 4) is 17.2 Å². The van der Waals surface area contributed by atoms with E-state index in [0.29, 0.717) is 21.5 Å². The third-order valence-electron chi connectivity index (χ3n) is 2.67. The summed E-state index contributed by atoms with van der Waals surface area (Å²) in [5, 5.41) is 0. The Labute approximate surface area is 123 Å². The Morgan fingerprint density at radius 3 is 2.55 bits per heavy atom. The van der Waals surface area contributed by atoms with E-state index in [2.05, 4.69) is 15.9 Å². The van der Waals surface area contributed by atoms with Gasteiger partial charge in [-0.15, -0.1) is 0 Å². The van der Waals surface area contributed by atoms with Crippen LogP contribution in [0.5, 0.6) is 17.2 Å². The Balaban J connectivity index is 2.43. The summed E-state index contributed by atoms with van der Waals surface area (Å²) in [6.45, 7) is 0.206. The van der Waals surface area contributed by atoms with Crippen LogP contribution in [0.4, 0.5) is 8.78 Å². The highest BCUT2D eigenvalue weighted by molar-refractivity contribution is 9.10. The van der Waals surface area contributed by atoms with Gasteiger partial charge in [0.05, 0.1) is 7.11 Å². The monoisotopic (exact) mass is 343 g/mol. The molecule has 0 bridgehead atoms. The summed E-state index contributed by atoms with van der Waals surface area (Å²) in [5.74, 6) is -1.42. The van der Waals surface area contributed by atoms with Crippen molar-refractivity contribution in [2.24, 2.45) is 5.73 Å². The first kappa shape index (κ1) is 14.7. The van der Waals surface area contributed by atoms with Crippen LogP contribution < -0.4 is 15.2 Å². The molecular weight excluding hydrogens is 332 g/mol. The van der Waals surface area contributed by atoms with E-state index < -0.39 is 11.6 Å². The van der Waals surface area contributed by atoms with Crippen LogP contribution in [0, 0.1) is 11.6 Å². The summed E-state index contributed by atoms with van der Waals surface area (Å²) in [7, 11) is 1.50. The van der Waals surface area contributed by atoms with Crippen LogP contribution in [0.3, 0.4) is 0 Å². The van der Waals surface area contributed by atoms with E-state index in [1.54, 1.807) is 18.2 Å². The molecule has 2 aromatic carbocycles. The fourth-order valence-corrected chi connectivity index (χ4v) is 2.06. The highest BCUT2D eigenvalue weighted by Gasteiger charge is 2.14. The Morgan fingerprint density at radius 1 is 1.15 bits per heavy atom. The lowest BCUT2D eigenvalue weighted by Crippen LogP contribution is -2.01. The quantitative estimate of drug-likeness (QED) is 0.853. The first-order valence-electron chi connectivity index (χ1n) is 5.74. The maximum absolute atomic E-state index is 13.7. The number of halogens is 3. The van der Waals surface area contributed by atoms with Crippen molar-refractivity contribution in [3.05, 3.63) is 52.0 Å². The van der Waals surface area contributed by atoms with Gasteiger partial charge in [-0.2, -0.15) is 4.39 Å². The fourth-order valence-electron chi connectivity index (χ4n) is 1.65. The van der Waals surface area contributed by atoms with Crippen LogP contribution >= 0.6 is 15.9 Å². The number of hydrogen-bond donors (Lipinski definition) is 1. The molecule has 2 N–H and O–H groups in total. The SMILES string of the molecule is COc1ccc(CN)c(Oc2cc(Br)cc(F)c2F)c1. The second-order valence-electron chi connectivity index (χ2n) is 3.98. The standard InChI is InChI=1S/C14H12BrF2NO2/c1-19-10-3-2-8(7-18)12(6-10)20-13-5-9(15)4-11(16)14(13)17/h2-6H,7,18H2,1H3. The van der Waals surface area contributed by atoms with Gasteiger partial charge in [0.1, 0.15) is 11.5 Å². The number of nitrogens with two attached hydrogens (primary N) is 1. The van der Waals surface area contributed by atoms with E-state index in [9.17, 15) is 8.78 Å². The Bertz CT molecular complexity index is 635. The molecule has 0 aliphatic heterocycles. The summed E-state index contributed by atoms with van der Waals surface area (Å²) in [4.78, 5) is 0. The van der Waals surface area contributed by atoms with Crippen molar-refractivity contribution in [1.82, 2.24) is 0 Å². The highest BCUT2D eigenvalue weighted by Crippen LogP contribution is 2.33. The van der Waals surface area contributed by atoms with Gasteiger partial charge >= 0.3 is 0 Å². The molecule has 0 atom stereocenters. The lowest BCUT2D eigenvalue weighted by atomic mass is 10.2. The first-order chi connectivity index (χ1) is 9.55. The molecule has 0 radical (unpaired) electrons. The van der Waals surface area contributed by atoms with Gasteiger partial charge in [0.25, 0.3) is 0 Å². The Morgan fingerprint density at radius 2 is 1.90 bits per heavy atom. The van der Waals surface area contributed by atoms with Gasteiger partial charge in [0.15, 0.2) is 11.6 Å². The molecule has 2 aromatic rings. The zero-order valence-corrected chi connectivity index (χ0v) is 12.2. The van der Waals surface area contributed by atoms with Crippen LogP contribution in [-0.4, -0.2) is 7.11 Å². The summed E-state index contributed by atoms with van der Waals surface area (Å²) in [5.41, 5.74) is 6.25. The van der Waals surface area contributed by atoms with E-state index >= 15 is 0 Å². The third kappa shape index (κ3) is 3.08. The lowest BCUT2D eigenvalue weighted by Gasteiger charge is -2.12. The fraction of sp³-hybridized carbons (Fsp3) is 0.143. The molecule has 0 unspecified atom stereocenters. The summed E-state index contributed by atoms with van der Waals surface area (Å²) in [6.07, 6.45) is 0. The largest absolute Gasteiger partial charge is 0.497 e. The van der Waals surface area contributed by atoms with Gasteiger partial charge in [-0.3, -0.25) is 0 Å². The zero-order valence-electron chi connectivity index (χ0n) is 10.6. The number of ether oxygens (including phenoxy) is 2. The lowest BCUT2D eigenvalue weighted by molar-refractivity contribution is 0.396. The molecule has 0 spiro atoms. The molecular formula is C14H12BrF2NO2. The molecule has 0 saturated carbocycles. The van der Waals surface area contributed by atoms with Crippen molar-refractivity contribution in [1.29, 1.82) is 0 Å². The summed E-state index contributed by atoms with van der Waals surface area (Å²) >= 11 is 3.09. The molecule has 0 saturated heterocycles. The first-order valence-corrected chi connectivity index (χ1v) is 6.54. The van der Waals surface area contributed by atoms with E-state index in [1.165, 1.54) is 13.2 Å². The van der Waals surface area contributed by atoms with Gasteiger partial charge in [-0.05, 0) is 18.2 Å². The third-order valence-corrected chi connectivity index (χ3v) is 3.13. The second kappa shape index (κ2) is 6.19. The van der Waals surface area contributed by atoms with Gasteiger partial charge < -0.3 is 15.2 Å². The van der Waals surface area contributed by atoms with Gasteiger partial charge in [0.2, 0.25) is 5.82 Å². The maximum Gasteiger partial charge on any atom is 0.201 e. The van der Waals surface area contributed by atoms with Gasteiger partial charge in [0, 0.05) is 22.6 Å². The topological polar surface area (TPSA) is 44.5 Å². The molecule has 0 amide bonds. The molecule has 0 aromatic heterocycles. The molecule has 20 heavy (non-hydrogen) atoms. The van der Waals surface area contributed by atoms with Gasteiger partial charge in [-0.25, -0.2) is 4.39 Å². The molecule has 6 heteroatoms. The number of hydrogen-bond acceptors (Lipinski definition) is 3. The van der Waals surface area contributed by atoms with Crippen molar-refractivity contribution >= 4 is 15.9 Å². The minimum atomic E-state index is -1.06. The Hall–Kier alpha value is -1.66. The van der Waals surface area contributed by atoms with Crippen LogP contribution in [-0.2, 0) is 6.54 Å². The van der Waals surface area contributed by atoms with Crippen molar-refractivity contribution in [2.75, 3.05) is 7.11 Å². The van der Waals surface area contributed by atoms with Crippen LogP contribution in [0.15, 0.2) is 34.8 Å². The van der Waals surface area contributed by atoms with Crippen molar-refractivity contribution in [2.45, 2.75) is 6.54 Å². The van der Waals surface area contributed by atoms with Crippen LogP contribution in [0.1, 0.15) is 5.56 Å². The zero-order chi connectivity index (χ0) is 14.7. The molecule has 0 fully saturated rings. The normalized spacial score (nSPS) is 10.4. The van der Waals surface area contributed by atoms with Crippen LogP contribution in [0.2, 0.25) is 0 Å². The second-order valence-corrected chi connectivity index (χ2v) is 4.90. The minimum Gasteiger partial charge on any atom is -0.497 e. The van der Waals surface area contributed by atoms with E-state index in [0.717, 1.165) is 6.07 Å². The van der Waals surface area contributed by atoms with Crippen molar-refractivity contribution in [3.63, 3.8) is 0 Å². The summed E-state index contributed by atoms with van der Waals surface area (Å²) in [6, 6.07) is 7.36. The number of methoxy groups -OCH3 is 1. The van der Waals surface area contributed by atoms with E-state index in [1.807, 2.05) is 0 Å². The smallest absolute Gasteiger partial charge is 0.201 e. The predicted molar refractivity (Wildman–Crippen MR) is 75.0 cm³/mol. The van der Waals surface area contributed by atoms with Gasteiger partial charge in [-0.1, -0.05) is 22.0 Å². The number of rotatable bonds is 4. The predicted octanol–water partition coefficient (Wildman–Crippen LogP) is 3.99. The van der Waals surface area contributed by atoms with Crippen LogP contribution in [0.25, 0.3) is 0 Å². The van der Waals surface area contributed by atoms with E-state index in [4.69, 9.17) is 15.2 Å². The highest BCUT2D eigenvalue weighted by atomic mass is 79.9. The molecule has 0 aliphatic carbocycles. The molecule has 0 aliphatic rings. The number of benzene rings is 2. The minimum absolute atomic E-state index is 0.206.